The summed E-state index contributed by atoms with van der Waals surface area (Å²) in [6, 6.07) is 5.46. The number of nitrogens with zero attached hydrogens (tertiary/aromatic N) is 1. The summed E-state index contributed by atoms with van der Waals surface area (Å²) in [5.41, 5.74) is 0.951. The minimum atomic E-state index is -0.723. The first-order valence-electron chi connectivity index (χ1n) is 6.32. The first kappa shape index (κ1) is 14.6. The maximum absolute atomic E-state index is 11.2. The van der Waals surface area contributed by atoms with Gasteiger partial charge in [0.25, 0.3) is 0 Å². The fourth-order valence-electron chi connectivity index (χ4n) is 2.67. The van der Waals surface area contributed by atoms with Crippen LogP contribution in [0.25, 0.3) is 0 Å². The molecule has 1 aromatic rings. The predicted molar refractivity (Wildman–Crippen MR) is 76.7 cm³/mol. The lowest BCUT2D eigenvalue weighted by Crippen LogP contribution is -2.26. The van der Waals surface area contributed by atoms with Gasteiger partial charge in [0.2, 0.25) is 0 Å². The molecule has 0 aromatic heterocycles. The monoisotopic (exact) mass is 301 g/mol. The Bertz CT molecular complexity index is 492. The molecular formula is C14H17Cl2NO2. The molecule has 1 heterocycles. The van der Waals surface area contributed by atoms with Crippen LogP contribution in [-0.2, 0) is 4.79 Å². The SMILES string of the molecule is CC1CN(C(C)c2cc(Cl)ccc2Cl)CC1C(=O)O. The van der Waals surface area contributed by atoms with Crippen LogP contribution in [0.4, 0.5) is 0 Å². The van der Waals surface area contributed by atoms with Crippen LogP contribution in [0.3, 0.4) is 0 Å². The number of hydrogen-bond acceptors (Lipinski definition) is 2. The van der Waals surface area contributed by atoms with Crippen molar-refractivity contribution in [1.82, 2.24) is 4.90 Å². The summed E-state index contributed by atoms with van der Waals surface area (Å²) >= 11 is 12.2. The molecule has 19 heavy (non-hydrogen) atoms. The zero-order chi connectivity index (χ0) is 14.2. The summed E-state index contributed by atoms with van der Waals surface area (Å²) in [7, 11) is 0. The first-order valence-corrected chi connectivity index (χ1v) is 7.07. The Morgan fingerprint density at radius 1 is 1.42 bits per heavy atom. The highest BCUT2D eigenvalue weighted by Gasteiger charge is 2.37. The summed E-state index contributed by atoms with van der Waals surface area (Å²) in [4.78, 5) is 13.3. The minimum absolute atomic E-state index is 0.0676. The van der Waals surface area contributed by atoms with Crippen molar-refractivity contribution >= 4 is 29.2 Å². The highest BCUT2D eigenvalue weighted by Crippen LogP contribution is 2.34. The van der Waals surface area contributed by atoms with E-state index in [-0.39, 0.29) is 17.9 Å². The second kappa shape index (κ2) is 5.70. The minimum Gasteiger partial charge on any atom is -0.481 e. The van der Waals surface area contributed by atoms with E-state index in [1.54, 1.807) is 12.1 Å². The van der Waals surface area contributed by atoms with E-state index in [4.69, 9.17) is 23.2 Å². The van der Waals surface area contributed by atoms with Crippen molar-refractivity contribution in [1.29, 1.82) is 0 Å². The fraction of sp³-hybridized carbons (Fsp3) is 0.500. The molecule has 1 saturated heterocycles. The van der Waals surface area contributed by atoms with Gasteiger partial charge < -0.3 is 5.11 Å². The van der Waals surface area contributed by atoms with E-state index < -0.39 is 5.97 Å². The van der Waals surface area contributed by atoms with E-state index >= 15 is 0 Å². The molecule has 3 nitrogen and oxygen atoms in total. The Hall–Kier alpha value is -0.770. The zero-order valence-electron chi connectivity index (χ0n) is 10.9. The Morgan fingerprint density at radius 2 is 2.11 bits per heavy atom. The molecule has 104 valence electrons. The standard InChI is InChI=1S/C14H17Cl2NO2/c1-8-6-17(7-12(8)14(18)19)9(2)11-5-10(15)3-4-13(11)16/h3-5,8-9,12H,6-7H2,1-2H3,(H,18,19). The van der Waals surface area contributed by atoms with E-state index in [2.05, 4.69) is 4.90 Å². The van der Waals surface area contributed by atoms with Gasteiger partial charge in [-0.15, -0.1) is 0 Å². The average Bonchev–Trinajstić information content (AvgIpc) is 2.74. The van der Waals surface area contributed by atoms with E-state index in [0.717, 1.165) is 12.1 Å². The fourth-order valence-corrected chi connectivity index (χ4v) is 3.13. The molecule has 3 unspecified atom stereocenters. The average molecular weight is 302 g/mol. The summed E-state index contributed by atoms with van der Waals surface area (Å²) in [6.07, 6.45) is 0. The van der Waals surface area contributed by atoms with Gasteiger partial charge in [-0.3, -0.25) is 9.69 Å². The number of carbonyl (C=O) groups is 1. The molecule has 1 aliphatic heterocycles. The summed E-state index contributed by atoms with van der Waals surface area (Å²) in [5, 5.41) is 10.5. The molecule has 3 atom stereocenters. The van der Waals surface area contributed by atoms with Gasteiger partial charge in [0.05, 0.1) is 5.92 Å². The number of carboxylic acids is 1. The predicted octanol–water partition coefficient (Wildman–Crippen LogP) is 3.71. The quantitative estimate of drug-likeness (QED) is 0.925. The van der Waals surface area contributed by atoms with Gasteiger partial charge in [-0.25, -0.2) is 0 Å². The molecule has 0 amide bonds. The van der Waals surface area contributed by atoms with E-state index in [1.807, 2.05) is 19.9 Å². The zero-order valence-corrected chi connectivity index (χ0v) is 12.4. The Kier molecular flexibility index (Phi) is 4.39. The lowest BCUT2D eigenvalue weighted by atomic mass is 9.99. The molecule has 0 saturated carbocycles. The van der Waals surface area contributed by atoms with Gasteiger partial charge in [0.15, 0.2) is 0 Å². The topological polar surface area (TPSA) is 40.5 Å². The lowest BCUT2D eigenvalue weighted by molar-refractivity contribution is -0.142. The van der Waals surface area contributed by atoms with Crippen molar-refractivity contribution in [2.24, 2.45) is 11.8 Å². The molecule has 1 aromatic carbocycles. The number of halogens is 2. The van der Waals surface area contributed by atoms with Gasteiger partial charge in [-0.05, 0) is 36.6 Å². The molecule has 0 bridgehead atoms. The molecule has 0 spiro atoms. The number of aliphatic carboxylic acids is 1. The van der Waals surface area contributed by atoms with Crippen LogP contribution in [-0.4, -0.2) is 29.1 Å². The third-order valence-corrected chi connectivity index (χ3v) is 4.49. The number of hydrogen-bond donors (Lipinski definition) is 1. The number of carboxylic acid groups (broad SMARTS) is 1. The van der Waals surface area contributed by atoms with E-state index in [1.165, 1.54) is 0 Å². The van der Waals surface area contributed by atoms with Gasteiger partial charge >= 0.3 is 5.97 Å². The Balaban J connectivity index is 2.19. The largest absolute Gasteiger partial charge is 0.481 e. The van der Waals surface area contributed by atoms with Gasteiger partial charge in [-0.1, -0.05) is 30.1 Å². The van der Waals surface area contributed by atoms with Crippen molar-refractivity contribution in [3.05, 3.63) is 33.8 Å². The maximum atomic E-state index is 11.2. The normalized spacial score (nSPS) is 25.5. The third kappa shape index (κ3) is 3.04. The molecule has 1 N–H and O–H groups in total. The van der Waals surface area contributed by atoms with Gasteiger partial charge in [-0.2, -0.15) is 0 Å². The van der Waals surface area contributed by atoms with Crippen molar-refractivity contribution in [3.63, 3.8) is 0 Å². The van der Waals surface area contributed by atoms with Gasteiger partial charge in [0, 0.05) is 29.2 Å². The van der Waals surface area contributed by atoms with Crippen molar-refractivity contribution in [3.8, 4) is 0 Å². The molecule has 0 radical (unpaired) electrons. The van der Waals surface area contributed by atoms with Crippen LogP contribution in [0.2, 0.25) is 10.0 Å². The Morgan fingerprint density at radius 3 is 2.68 bits per heavy atom. The van der Waals surface area contributed by atoms with Crippen molar-refractivity contribution in [2.75, 3.05) is 13.1 Å². The summed E-state index contributed by atoms with van der Waals surface area (Å²) in [6.45, 7) is 5.33. The second-order valence-electron chi connectivity index (χ2n) is 5.22. The van der Waals surface area contributed by atoms with Crippen LogP contribution >= 0.6 is 23.2 Å². The molecule has 0 aliphatic carbocycles. The maximum Gasteiger partial charge on any atom is 0.308 e. The van der Waals surface area contributed by atoms with E-state index in [0.29, 0.717) is 16.6 Å². The molecule has 1 aliphatic rings. The number of rotatable bonds is 3. The molecular weight excluding hydrogens is 285 g/mol. The van der Waals surface area contributed by atoms with Crippen LogP contribution in [0.1, 0.15) is 25.5 Å². The van der Waals surface area contributed by atoms with Crippen LogP contribution < -0.4 is 0 Å². The lowest BCUT2D eigenvalue weighted by Gasteiger charge is -2.25. The first-order chi connectivity index (χ1) is 8.90. The Labute approximate surface area is 123 Å². The van der Waals surface area contributed by atoms with Gasteiger partial charge in [0.1, 0.15) is 0 Å². The molecule has 2 rings (SSSR count). The smallest absolute Gasteiger partial charge is 0.308 e. The highest BCUT2D eigenvalue weighted by atomic mass is 35.5. The van der Waals surface area contributed by atoms with E-state index in [9.17, 15) is 9.90 Å². The number of benzene rings is 1. The highest BCUT2D eigenvalue weighted by molar-refractivity contribution is 6.33. The molecule has 1 fully saturated rings. The second-order valence-corrected chi connectivity index (χ2v) is 6.06. The third-order valence-electron chi connectivity index (χ3n) is 3.91. The van der Waals surface area contributed by atoms with Crippen molar-refractivity contribution < 1.29 is 9.90 Å². The van der Waals surface area contributed by atoms with Crippen LogP contribution in [0.5, 0.6) is 0 Å². The van der Waals surface area contributed by atoms with Crippen molar-refractivity contribution in [2.45, 2.75) is 19.9 Å². The van der Waals surface area contributed by atoms with Crippen LogP contribution in [0, 0.1) is 11.8 Å². The summed E-state index contributed by atoms with van der Waals surface area (Å²) in [5.74, 6) is -0.877. The number of likely N-dealkylation sites (tertiary alicyclic amines) is 1. The summed E-state index contributed by atoms with van der Waals surface area (Å²) < 4.78 is 0. The molecule has 5 heteroatoms. The van der Waals surface area contributed by atoms with Crippen LogP contribution in [0.15, 0.2) is 18.2 Å².